The van der Waals surface area contributed by atoms with Gasteiger partial charge in [0.15, 0.2) is 5.11 Å². The standard InChI is InChI=1S/C17H16ClN3O3S/c1-2-24-14-10-6-4-8-12(14)15(22)19-17(25)21-20-16(23)11-7-3-5-9-13(11)18/h3-10H,2H2,1H3,(H,20,23)(H2,19,21,22,25). The summed E-state index contributed by atoms with van der Waals surface area (Å²) in [6.45, 7) is 2.26. The van der Waals surface area contributed by atoms with Crippen molar-refractivity contribution in [2.45, 2.75) is 6.92 Å². The van der Waals surface area contributed by atoms with Gasteiger partial charge in [0.2, 0.25) is 0 Å². The molecule has 0 unspecified atom stereocenters. The lowest BCUT2D eigenvalue weighted by Crippen LogP contribution is -2.48. The van der Waals surface area contributed by atoms with E-state index < -0.39 is 11.8 Å². The van der Waals surface area contributed by atoms with Crippen LogP contribution in [0.15, 0.2) is 48.5 Å². The fourth-order valence-electron chi connectivity index (χ4n) is 1.96. The zero-order valence-corrected chi connectivity index (χ0v) is 14.9. The van der Waals surface area contributed by atoms with Crippen LogP contribution in [0.3, 0.4) is 0 Å². The topological polar surface area (TPSA) is 79.5 Å². The predicted octanol–water partition coefficient (Wildman–Crippen LogP) is 2.69. The van der Waals surface area contributed by atoms with E-state index >= 15 is 0 Å². The Balaban J connectivity index is 1.93. The summed E-state index contributed by atoms with van der Waals surface area (Å²) in [5, 5.41) is 2.72. The first kappa shape index (κ1) is 18.7. The maximum atomic E-state index is 12.3. The molecule has 0 atom stereocenters. The highest BCUT2D eigenvalue weighted by Crippen LogP contribution is 2.17. The summed E-state index contributed by atoms with van der Waals surface area (Å²) < 4.78 is 5.40. The lowest BCUT2D eigenvalue weighted by molar-refractivity contribution is 0.0934. The smallest absolute Gasteiger partial charge is 0.271 e. The number of rotatable bonds is 4. The van der Waals surface area contributed by atoms with Crippen LogP contribution >= 0.6 is 23.8 Å². The monoisotopic (exact) mass is 377 g/mol. The first-order chi connectivity index (χ1) is 12.0. The van der Waals surface area contributed by atoms with Gasteiger partial charge in [-0.1, -0.05) is 35.9 Å². The highest BCUT2D eigenvalue weighted by molar-refractivity contribution is 7.80. The van der Waals surface area contributed by atoms with Crippen LogP contribution in [0.2, 0.25) is 5.02 Å². The van der Waals surface area contributed by atoms with Gasteiger partial charge in [0.05, 0.1) is 22.8 Å². The number of amides is 2. The van der Waals surface area contributed by atoms with Gasteiger partial charge in [-0.3, -0.25) is 25.8 Å². The predicted molar refractivity (Wildman–Crippen MR) is 99.7 cm³/mol. The maximum Gasteiger partial charge on any atom is 0.271 e. The first-order valence-corrected chi connectivity index (χ1v) is 8.19. The highest BCUT2D eigenvalue weighted by atomic mass is 35.5. The maximum absolute atomic E-state index is 12.3. The van der Waals surface area contributed by atoms with Crippen LogP contribution in [0.4, 0.5) is 0 Å². The van der Waals surface area contributed by atoms with Gasteiger partial charge in [-0.15, -0.1) is 0 Å². The summed E-state index contributed by atoms with van der Waals surface area (Å²) in [7, 11) is 0. The minimum absolute atomic E-state index is 0.0586. The van der Waals surface area contributed by atoms with Gasteiger partial charge in [-0.2, -0.15) is 0 Å². The molecule has 0 saturated heterocycles. The number of para-hydroxylation sites is 1. The Labute approximate surface area is 155 Å². The molecule has 2 amide bonds. The van der Waals surface area contributed by atoms with E-state index in [2.05, 4.69) is 16.2 Å². The molecule has 2 aromatic carbocycles. The Morgan fingerprint density at radius 1 is 1.00 bits per heavy atom. The van der Waals surface area contributed by atoms with Gasteiger partial charge in [-0.25, -0.2) is 0 Å². The van der Waals surface area contributed by atoms with E-state index in [-0.39, 0.29) is 10.7 Å². The van der Waals surface area contributed by atoms with Crippen molar-refractivity contribution in [3.05, 3.63) is 64.7 Å². The van der Waals surface area contributed by atoms with Gasteiger partial charge in [0.1, 0.15) is 5.75 Å². The molecule has 0 saturated carbocycles. The van der Waals surface area contributed by atoms with Crippen molar-refractivity contribution in [3.63, 3.8) is 0 Å². The molecule has 0 aliphatic heterocycles. The minimum atomic E-state index is -0.475. The summed E-state index contributed by atoms with van der Waals surface area (Å²) >= 11 is 10.9. The number of benzene rings is 2. The zero-order chi connectivity index (χ0) is 18.2. The Morgan fingerprint density at radius 3 is 2.32 bits per heavy atom. The molecule has 0 aliphatic rings. The van der Waals surface area contributed by atoms with Gasteiger partial charge in [-0.05, 0) is 43.4 Å². The second kappa shape index (κ2) is 9.00. The minimum Gasteiger partial charge on any atom is -0.493 e. The summed E-state index contributed by atoms with van der Waals surface area (Å²) in [4.78, 5) is 24.3. The number of hydrogen-bond donors (Lipinski definition) is 3. The van der Waals surface area contributed by atoms with E-state index in [1.807, 2.05) is 6.92 Å². The number of nitrogens with one attached hydrogen (secondary N) is 3. The lowest BCUT2D eigenvalue weighted by Gasteiger charge is -2.13. The molecule has 2 aromatic rings. The molecule has 0 spiro atoms. The third kappa shape index (κ3) is 5.17. The molecule has 0 fully saturated rings. The van der Waals surface area contributed by atoms with Gasteiger partial charge >= 0.3 is 0 Å². The largest absolute Gasteiger partial charge is 0.493 e. The fourth-order valence-corrected chi connectivity index (χ4v) is 2.33. The molecular weight excluding hydrogens is 362 g/mol. The number of halogens is 1. The van der Waals surface area contributed by atoms with E-state index in [4.69, 9.17) is 28.6 Å². The molecule has 0 heterocycles. The third-order valence-corrected chi connectivity index (χ3v) is 3.60. The fraction of sp³-hybridized carbons (Fsp3) is 0.118. The lowest BCUT2D eigenvalue weighted by atomic mass is 10.2. The molecule has 0 radical (unpaired) electrons. The molecule has 25 heavy (non-hydrogen) atoms. The van der Waals surface area contributed by atoms with Crippen molar-refractivity contribution in [1.82, 2.24) is 16.2 Å². The summed E-state index contributed by atoms with van der Waals surface area (Å²) in [6.07, 6.45) is 0. The van der Waals surface area contributed by atoms with Crippen molar-refractivity contribution in [3.8, 4) is 5.75 Å². The van der Waals surface area contributed by atoms with Crippen molar-refractivity contribution in [2.24, 2.45) is 0 Å². The number of carbonyl (C=O) groups excluding carboxylic acids is 2. The number of hydrazine groups is 1. The van der Waals surface area contributed by atoms with Crippen LogP contribution in [0.25, 0.3) is 0 Å². The van der Waals surface area contributed by atoms with Crippen LogP contribution in [-0.4, -0.2) is 23.5 Å². The second-order valence-corrected chi connectivity index (χ2v) is 5.59. The molecule has 0 aliphatic carbocycles. The Bertz CT molecular complexity index is 798. The average Bonchev–Trinajstić information content (AvgIpc) is 2.61. The number of carbonyl (C=O) groups is 2. The van der Waals surface area contributed by atoms with Crippen LogP contribution in [0.5, 0.6) is 5.75 Å². The second-order valence-electron chi connectivity index (χ2n) is 4.77. The molecular formula is C17H16ClN3O3S. The van der Waals surface area contributed by atoms with Crippen LogP contribution in [0, 0.1) is 0 Å². The zero-order valence-electron chi connectivity index (χ0n) is 13.3. The Kier molecular flexibility index (Phi) is 6.73. The summed E-state index contributed by atoms with van der Waals surface area (Å²) in [5.41, 5.74) is 5.46. The molecule has 6 nitrogen and oxygen atoms in total. The van der Waals surface area contributed by atoms with Gasteiger partial charge < -0.3 is 4.74 Å². The molecule has 0 aromatic heterocycles. The van der Waals surface area contributed by atoms with E-state index in [0.717, 1.165) is 0 Å². The number of hydrogen-bond acceptors (Lipinski definition) is 4. The highest BCUT2D eigenvalue weighted by Gasteiger charge is 2.14. The van der Waals surface area contributed by atoms with Crippen LogP contribution < -0.4 is 20.9 Å². The summed E-state index contributed by atoms with van der Waals surface area (Å²) in [6, 6.07) is 13.4. The van der Waals surface area contributed by atoms with Gasteiger partial charge in [0, 0.05) is 0 Å². The van der Waals surface area contributed by atoms with Crippen molar-refractivity contribution < 1.29 is 14.3 Å². The SMILES string of the molecule is CCOc1ccccc1C(=O)NC(=S)NNC(=O)c1ccccc1Cl. The van der Waals surface area contributed by atoms with Crippen molar-refractivity contribution >= 4 is 40.7 Å². The molecule has 2 rings (SSSR count). The molecule has 3 N–H and O–H groups in total. The Hall–Kier alpha value is -2.64. The Morgan fingerprint density at radius 2 is 1.64 bits per heavy atom. The van der Waals surface area contributed by atoms with E-state index in [9.17, 15) is 9.59 Å². The third-order valence-electron chi connectivity index (χ3n) is 3.07. The molecule has 130 valence electrons. The first-order valence-electron chi connectivity index (χ1n) is 7.41. The quantitative estimate of drug-likeness (QED) is 0.564. The summed E-state index contributed by atoms with van der Waals surface area (Å²) in [5.74, 6) is -0.476. The normalized spacial score (nSPS) is 9.84. The van der Waals surface area contributed by atoms with Crippen molar-refractivity contribution in [2.75, 3.05) is 6.61 Å². The van der Waals surface area contributed by atoms with Crippen LogP contribution in [0.1, 0.15) is 27.6 Å². The van der Waals surface area contributed by atoms with Crippen molar-refractivity contribution in [1.29, 1.82) is 0 Å². The number of thiocarbonyl (C=S) groups is 1. The molecule has 8 heteroatoms. The average molecular weight is 378 g/mol. The number of ether oxygens (including phenoxy) is 1. The molecule has 0 bridgehead atoms. The van der Waals surface area contributed by atoms with E-state index in [0.29, 0.717) is 22.9 Å². The van der Waals surface area contributed by atoms with Gasteiger partial charge in [0.25, 0.3) is 11.8 Å². The van der Waals surface area contributed by atoms with E-state index in [1.54, 1.807) is 48.5 Å². The van der Waals surface area contributed by atoms with Crippen LogP contribution in [-0.2, 0) is 0 Å². The van der Waals surface area contributed by atoms with E-state index in [1.165, 1.54) is 0 Å².